The second-order valence-electron chi connectivity index (χ2n) is 4.13. The first-order chi connectivity index (χ1) is 9.24. The summed E-state index contributed by atoms with van der Waals surface area (Å²) in [5.74, 6) is -0.376. The summed E-state index contributed by atoms with van der Waals surface area (Å²) in [6.45, 7) is 0. The van der Waals surface area contributed by atoms with Gasteiger partial charge in [0.25, 0.3) is 0 Å². The lowest BCUT2D eigenvalue weighted by Gasteiger charge is -2.02. The molecule has 3 aromatic rings. The number of carboxylic acid groups (broad SMARTS) is 1. The third kappa shape index (κ3) is 2.18. The lowest BCUT2D eigenvalue weighted by molar-refractivity contribution is -0.136. The van der Waals surface area contributed by atoms with Crippen LogP contribution in [0.2, 0.25) is 0 Å². The second-order valence-corrected chi connectivity index (χ2v) is 4.13. The van der Waals surface area contributed by atoms with E-state index in [-0.39, 0.29) is 6.42 Å². The Morgan fingerprint density at radius 1 is 1.21 bits per heavy atom. The maximum atomic E-state index is 10.6. The number of carbonyl (C=O) groups is 1. The molecule has 5 nitrogen and oxygen atoms in total. The van der Waals surface area contributed by atoms with Crippen molar-refractivity contribution in [2.45, 2.75) is 6.42 Å². The molecule has 0 saturated heterocycles. The van der Waals surface area contributed by atoms with E-state index in [4.69, 9.17) is 9.52 Å². The number of hydrogen-bond donors (Lipinski definition) is 1. The van der Waals surface area contributed by atoms with Crippen LogP contribution < -0.4 is 0 Å². The Bertz CT molecular complexity index is 732. The molecule has 0 saturated carbocycles. The number of aliphatic carboxylic acids is 1. The Hall–Kier alpha value is -2.69. The first kappa shape index (κ1) is 11.4. The van der Waals surface area contributed by atoms with Gasteiger partial charge in [-0.2, -0.15) is 0 Å². The highest BCUT2D eigenvalue weighted by atomic mass is 16.4. The van der Waals surface area contributed by atoms with Gasteiger partial charge in [0.2, 0.25) is 0 Å². The molecule has 0 amide bonds. The SMILES string of the molecule is O=C(O)Cc1cnc(-c2cccc3ccoc23)nc1. The van der Waals surface area contributed by atoms with E-state index in [1.54, 1.807) is 6.26 Å². The van der Waals surface area contributed by atoms with Crippen LogP contribution in [-0.2, 0) is 11.2 Å². The Kier molecular flexibility index (Phi) is 2.72. The Morgan fingerprint density at radius 3 is 2.74 bits per heavy atom. The van der Waals surface area contributed by atoms with Crippen LogP contribution in [0.25, 0.3) is 22.4 Å². The van der Waals surface area contributed by atoms with E-state index in [9.17, 15) is 4.79 Å². The van der Waals surface area contributed by atoms with Crippen molar-refractivity contribution in [3.63, 3.8) is 0 Å². The largest absolute Gasteiger partial charge is 0.481 e. The third-order valence-corrected chi connectivity index (χ3v) is 2.78. The number of carboxylic acids is 1. The minimum atomic E-state index is -0.899. The van der Waals surface area contributed by atoms with E-state index in [1.165, 1.54) is 12.4 Å². The summed E-state index contributed by atoms with van der Waals surface area (Å²) >= 11 is 0. The molecule has 0 atom stereocenters. The predicted molar refractivity (Wildman–Crippen MR) is 68.6 cm³/mol. The third-order valence-electron chi connectivity index (χ3n) is 2.78. The van der Waals surface area contributed by atoms with E-state index in [1.807, 2.05) is 24.3 Å². The quantitative estimate of drug-likeness (QED) is 0.777. The molecule has 19 heavy (non-hydrogen) atoms. The van der Waals surface area contributed by atoms with Gasteiger partial charge in [-0.3, -0.25) is 4.79 Å². The van der Waals surface area contributed by atoms with E-state index in [0.717, 1.165) is 16.5 Å². The monoisotopic (exact) mass is 254 g/mol. The van der Waals surface area contributed by atoms with Crippen molar-refractivity contribution < 1.29 is 14.3 Å². The highest BCUT2D eigenvalue weighted by molar-refractivity contribution is 5.90. The molecule has 0 fully saturated rings. The topological polar surface area (TPSA) is 76.2 Å². The number of hydrogen-bond acceptors (Lipinski definition) is 4. The minimum Gasteiger partial charge on any atom is -0.481 e. The molecular formula is C14H10N2O3. The number of rotatable bonds is 3. The van der Waals surface area contributed by atoms with Gasteiger partial charge in [0.15, 0.2) is 5.82 Å². The molecule has 94 valence electrons. The van der Waals surface area contributed by atoms with Gasteiger partial charge in [-0.15, -0.1) is 0 Å². The van der Waals surface area contributed by atoms with Gasteiger partial charge in [-0.25, -0.2) is 9.97 Å². The standard InChI is InChI=1S/C14H10N2O3/c17-12(18)6-9-7-15-14(16-8-9)11-3-1-2-10-4-5-19-13(10)11/h1-5,7-8H,6H2,(H,17,18). The van der Waals surface area contributed by atoms with Gasteiger partial charge in [0, 0.05) is 17.8 Å². The number of fused-ring (bicyclic) bond motifs is 1. The first-order valence-corrected chi connectivity index (χ1v) is 5.73. The summed E-state index contributed by atoms with van der Waals surface area (Å²) in [5.41, 5.74) is 2.10. The van der Waals surface area contributed by atoms with Crippen molar-refractivity contribution >= 4 is 16.9 Å². The molecule has 2 aromatic heterocycles. The van der Waals surface area contributed by atoms with Crippen LogP contribution in [0.1, 0.15) is 5.56 Å². The molecule has 0 spiro atoms. The van der Waals surface area contributed by atoms with Gasteiger partial charge in [-0.05, 0) is 17.7 Å². The van der Waals surface area contributed by atoms with Crippen molar-refractivity contribution in [2.75, 3.05) is 0 Å². The van der Waals surface area contributed by atoms with Crippen LogP contribution >= 0.6 is 0 Å². The van der Waals surface area contributed by atoms with Crippen molar-refractivity contribution in [3.8, 4) is 11.4 Å². The fraction of sp³-hybridized carbons (Fsp3) is 0.0714. The van der Waals surface area contributed by atoms with Gasteiger partial charge >= 0.3 is 5.97 Å². The van der Waals surface area contributed by atoms with Crippen LogP contribution in [0, 0.1) is 0 Å². The highest BCUT2D eigenvalue weighted by Gasteiger charge is 2.09. The average molecular weight is 254 g/mol. The first-order valence-electron chi connectivity index (χ1n) is 5.73. The average Bonchev–Trinajstić information content (AvgIpc) is 2.87. The molecule has 0 bridgehead atoms. The van der Waals surface area contributed by atoms with Gasteiger partial charge in [0.05, 0.1) is 18.2 Å². The molecule has 0 unspecified atom stereocenters. The van der Waals surface area contributed by atoms with E-state index in [0.29, 0.717) is 11.4 Å². The zero-order valence-corrected chi connectivity index (χ0v) is 9.91. The lowest BCUT2D eigenvalue weighted by atomic mass is 10.1. The van der Waals surface area contributed by atoms with Crippen LogP contribution in [0.5, 0.6) is 0 Å². The number of nitrogens with zero attached hydrogens (tertiary/aromatic N) is 2. The van der Waals surface area contributed by atoms with Crippen molar-refractivity contribution in [2.24, 2.45) is 0 Å². The van der Waals surface area contributed by atoms with Crippen LogP contribution in [-0.4, -0.2) is 21.0 Å². The maximum absolute atomic E-state index is 10.6. The minimum absolute atomic E-state index is 0.0781. The van der Waals surface area contributed by atoms with Gasteiger partial charge in [-0.1, -0.05) is 12.1 Å². The summed E-state index contributed by atoms with van der Waals surface area (Å²) in [6, 6.07) is 7.60. The molecule has 1 N–H and O–H groups in total. The molecule has 5 heteroatoms. The number of benzene rings is 1. The van der Waals surface area contributed by atoms with E-state index >= 15 is 0 Å². The molecule has 0 aliphatic rings. The molecule has 0 aliphatic heterocycles. The lowest BCUT2D eigenvalue weighted by Crippen LogP contribution is -2.01. The summed E-state index contributed by atoms with van der Waals surface area (Å²) < 4.78 is 5.42. The zero-order valence-electron chi connectivity index (χ0n) is 9.91. The zero-order chi connectivity index (χ0) is 13.2. The molecule has 2 heterocycles. The maximum Gasteiger partial charge on any atom is 0.307 e. The number of furan rings is 1. The van der Waals surface area contributed by atoms with Crippen molar-refractivity contribution in [1.29, 1.82) is 0 Å². The number of aromatic nitrogens is 2. The fourth-order valence-electron chi connectivity index (χ4n) is 1.93. The van der Waals surface area contributed by atoms with Crippen molar-refractivity contribution in [3.05, 3.63) is 48.5 Å². The summed E-state index contributed by atoms with van der Waals surface area (Å²) in [5, 5.41) is 9.68. The Labute approximate surface area is 108 Å². The van der Waals surface area contributed by atoms with E-state index < -0.39 is 5.97 Å². The predicted octanol–water partition coefficient (Wildman–Crippen LogP) is 2.52. The Balaban J connectivity index is 2.02. The Morgan fingerprint density at radius 2 is 2.00 bits per heavy atom. The molecule has 3 rings (SSSR count). The van der Waals surface area contributed by atoms with E-state index in [2.05, 4.69) is 9.97 Å². The molecular weight excluding hydrogens is 244 g/mol. The van der Waals surface area contributed by atoms with Gasteiger partial charge < -0.3 is 9.52 Å². The molecule has 0 aliphatic carbocycles. The number of para-hydroxylation sites is 1. The second kappa shape index (κ2) is 4.53. The molecule has 1 aromatic carbocycles. The van der Waals surface area contributed by atoms with Crippen molar-refractivity contribution in [1.82, 2.24) is 9.97 Å². The van der Waals surface area contributed by atoms with Gasteiger partial charge in [0.1, 0.15) is 5.58 Å². The summed E-state index contributed by atoms with van der Waals surface area (Å²) in [6.07, 6.45) is 4.59. The fourth-order valence-corrected chi connectivity index (χ4v) is 1.93. The summed E-state index contributed by atoms with van der Waals surface area (Å²) in [4.78, 5) is 19.0. The summed E-state index contributed by atoms with van der Waals surface area (Å²) in [7, 11) is 0. The smallest absolute Gasteiger partial charge is 0.307 e. The highest BCUT2D eigenvalue weighted by Crippen LogP contribution is 2.26. The molecule has 0 radical (unpaired) electrons. The van der Waals surface area contributed by atoms with Crippen LogP contribution in [0.3, 0.4) is 0 Å². The normalized spacial score (nSPS) is 10.7. The van der Waals surface area contributed by atoms with Crippen LogP contribution in [0.15, 0.2) is 47.3 Å². The van der Waals surface area contributed by atoms with Crippen LogP contribution in [0.4, 0.5) is 0 Å².